The number of esters is 1. The van der Waals surface area contributed by atoms with Crippen LogP contribution in [0.15, 0.2) is 18.2 Å². The Morgan fingerprint density at radius 3 is 2.93 bits per heavy atom. The molecule has 1 aromatic carbocycles. The molecule has 0 aromatic heterocycles. The minimum atomic E-state index is -0.670. The Morgan fingerprint density at radius 1 is 1.57 bits per heavy atom. The van der Waals surface area contributed by atoms with E-state index in [1.165, 1.54) is 12.1 Å². The highest BCUT2D eigenvalue weighted by molar-refractivity contribution is 5.90. The van der Waals surface area contributed by atoms with E-state index >= 15 is 0 Å². The fourth-order valence-corrected chi connectivity index (χ4v) is 0.972. The summed E-state index contributed by atoms with van der Waals surface area (Å²) in [4.78, 5) is 11.3. The Balaban J connectivity index is 2.83. The molecule has 2 N–H and O–H groups in total. The summed E-state index contributed by atoms with van der Waals surface area (Å²) >= 11 is 0. The lowest BCUT2D eigenvalue weighted by atomic mass is 10.2. The number of carbonyl (C=O) groups excluding carboxylic acids is 1. The van der Waals surface area contributed by atoms with Crippen molar-refractivity contribution in [2.24, 2.45) is 0 Å². The van der Waals surface area contributed by atoms with Gasteiger partial charge in [0.2, 0.25) is 0 Å². The van der Waals surface area contributed by atoms with E-state index in [4.69, 9.17) is 10.5 Å². The molecule has 1 aromatic rings. The average Bonchev–Trinajstić information content (AvgIpc) is 2.18. The molecule has 0 atom stereocenters. The van der Waals surface area contributed by atoms with Gasteiger partial charge in [0.15, 0.2) is 0 Å². The second-order valence-corrected chi connectivity index (χ2v) is 2.88. The van der Waals surface area contributed by atoms with E-state index in [1.54, 1.807) is 0 Å². The molecule has 0 unspecified atom stereocenters. The van der Waals surface area contributed by atoms with Crippen LogP contribution in [0.2, 0.25) is 0 Å². The maximum Gasteiger partial charge on any atom is 0.341 e. The molecule has 0 saturated heterocycles. The first-order valence-corrected chi connectivity index (χ1v) is 4.37. The first-order chi connectivity index (χ1) is 6.65. The van der Waals surface area contributed by atoms with Crippen molar-refractivity contribution in [3.8, 4) is 0 Å². The molecule has 0 bridgehead atoms. The predicted octanol–water partition coefficient (Wildman–Crippen LogP) is 1.97. The largest absolute Gasteiger partial charge is 0.462 e. The van der Waals surface area contributed by atoms with Crippen molar-refractivity contribution in [2.45, 2.75) is 13.3 Å². The van der Waals surface area contributed by atoms with Crippen LogP contribution in [0.4, 0.5) is 10.1 Å². The second kappa shape index (κ2) is 4.60. The van der Waals surface area contributed by atoms with E-state index in [1.807, 2.05) is 6.92 Å². The standard InChI is InChI=1S/C10H12FNO2/c1-2-5-14-10(13)8-6-7(12)3-4-9(8)11/h3-4,6H,2,5,12H2,1H3. The van der Waals surface area contributed by atoms with Gasteiger partial charge in [-0.2, -0.15) is 0 Å². The summed E-state index contributed by atoms with van der Waals surface area (Å²) in [7, 11) is 0. The van der Waals surface area contributed by atoms with Gasteiger partial charge in [0.25, 0.3) is 0 Å². The summed E-state index contributed by atoms with van der Waals surface area (Å²) in [5.74, 6) is -1.28. The highest BCUT2D eigenvalue weighted by atomic mass is 19.1. The molecule has 1 rings (SSSR count). The lowest BCUT2D eigenvalue weighted by molar-refractivity contribution is 0.0500. The number of benzene rings is 1. The highest BCUT2D eigenvalue weighted by Gasteiger charge is 2.12. The van der Waals surface area contributed by atoms with Crippen molar-refractivity contribution in [3.63, 3.8) is 0 Å². The first-order valence-electron chi connectivity index (χ1n) is 4.37. The van der Waals surface area contributed by atoms with Gasteiger partial charge in [0, 0.05) is 5.69 Å². The van der Waals surface area contributed by atoms with Crippen molar-refractivity contribution in [1.82, 2.24) is 0 Å². The minimum Gasteiger partial charge on any atom is -0.462 e. The zero-order chi connectivity index (χ0) is 10.6. The van der Waals surface area contributed by atoms with E-state index in [2.05, 4.69) is 0 Å². The smallest absolute Gasteiger partial charge is 0.341 e. The molecule has 0 saturated carbocycles. The van der Waals surface area contributed by atoms with Crippen molar-refractivity contribution in [2.75, 3.05) is 12.3 Å². The summed E-state index contributed by atoms with van der Waals surface area (Å²) in [6, 6.07) is 3.82. The average molecular weight is 197 g/mol. The maximum atomic E-state index is 13.1. The first kappa shape index (κ1) is 10.5. The lowest BCUT2D eigenvalue weighted by Crippen LogP contribution is -2.08. The zero-order valence-electron chi connectivity index (χ0n) is 7.92. The zero-order valence-corrected chi connectivity index (χ0v) is 7.92. The van der Waals surface area contributed by atoms with Crippen LogP contribution in [-0.4, -0.2) is 12.6 Å². The maximum absolute atomic E-state index is 13.1. The molecule has 4 heteroatoms. The van der Waals surface area contributed by atoms with Crippen molar-refractivity contribution in [1.29, 1.82) is 0 Å². The summed E-state index contributed by atoms with van der Waals surface area (Å²) in [6.07, 6.45) is 0.704. The quantitative estimate of drug-likeness (QED) is 0.595. The molecule has 0 radical (unpaired) electrons. The van der Waals surface area contributed by atoms with Crippen molar-refractivity contribution in [3.05, 3.63) is 29.6 Å². The normalized spacial score (nSPS) is 9.86. The van der Waals surface area contributed by atoms with Crippen LogP contribution in [0, 0.1) is 5.82 Å². The topological polar surface area (TPSA) is 52.3 Å². The van der Waals surface area contributed by atoms with Crippen LogP contribution in [0.5, 0.6) is 0 Å². The van der Waals surface area contributed by atoms with Crippen molar-refractivity contribution >= 4 is 11.7 Å². The molecular formula is C10H12FNO2. The molecule has 0 aliphatic heterocycles. The molecule has 14 heavy (non-hydrogen) atoms. The molecule has 0 fully saturated rings. The predicted molar refractivity (Wildman–Crippen MR) is 51.4 cm³/mol. The number of hydrogen-bond acceptors (Lipinski definition) is 3. The Hall–Kier alpha value is -1.58. The minimum absolute atomic E-state index is 0.113. The van der Waals surface area contributed by atoms with E-state index in [0.29, 0.717) is 12.1 Å². The van der Waals surface area contributed by atoms with Crippen molar-refractivity contribution < 1.29 is 13.9 Å². The molecule has 0 spiro atoms. The molecule has 0 amide bonds. The molecule has 3 nitrogen and oxygen atoms in total. The van der Waals surface area contributed by atoms with Gasteiger partial charge in [0.1, 0.15) is 5.82 Å². The number of hydrogen-bond donors (Lipinski definition) is 1. The Labute approximate surface area is 81.7 Å². The number of ether oxygens (including phenoxy) is 1. The number of halogens is 1. The molecule has 0 aliphatic rings. The number of anilines is 1. The summed E-state index contributed by atoms with van der Waals surface area (Å²) in [5, 5.41) is 0. The Morgan fingerprint density at radius 2 is 2.29 bits per heavy atom. The fourth-order valence-electron chi connectivity index (χ4n) is 0.972. The SMILES string of the molecule is CCCOC(=O)c1cc(N)ccc1F. The summed E-state index contributed by atoms with van der Waals surface area (Å²) < 4.78 is 17.9. The third-order valence-corrected chi connectivity index (χ3v) is 1.65. The number of rotatable bonds is 3. The Bertz CT molecular complexity index is 339. The molecule has 76 valence electrons. The fraction of sp³-hybridized carbons (Fsp3) is 0.300. The van der Waals surface area contributed by atoms with Gasteiger partial charge >= 0.3 is 5.97 Å². The van der Waals surface area contributed by atoms with Gasteiger partial charge in [-0.05, 0) is 24.6 Å². The molecule has 0 aliphatic carbocycles. The summed E-state index contributed by atoms with van der Waals surface area (Å²) in [5.41, 5.74) is 5.65. The van der Waals surface area contributed by atoms with Crippen LogP contribution < -0.4 is 5.73 Å². The summed E-state index contributed by atoms with van der Waals surface area (Å²) in [6.45, 7) is 2.15. The monoisotopic (exact) mass is 197 g/mol. The van der Waals surface area contributed by atoms with E-state index in [9.17, 15) is 9.18 Å². The van der Waals surface area contributed by atoms with Crippen LogP contribution in [0.1, 0.15) is 23.7 Å². The molecular weight excluding hydrogens is 185 g/mol. The van der Waals surface area contributed by atoms with Crippen LogP contribution in [-0.2, 0) is 4.74 Å². The molecule has 0 heterocycles. The van der Waals surface area contributed by atoms with Crippen LogP contribution in [0.3, 0.4) is 0 Å². The third-order valence-electron chi connectivity index (χ3n) is 1.65. The Kier molecular flexibility index (Phi) is 3.45. The van der Waals surface area contributed by atoms with Gasteiger partial charge in [-0.15, -0.1) is 0 Å². The second-order valence-electron chi connectivity index (χ2n) is 2.88. The van der Waals surface area contributed by atoms with Gasteiger partial charge in [0.05, 0.1) is 12.2 Å². The van der Waals surface area contributed by atoms with E-state index in [0.717, 1.165) is 6.07 Å². The lowest BCUT2D eigenvalue weighted by Gasteiger charge is -2.04. The highest BCUT2D eigenvalue weighted by Crippen LogP contribution is 2.13. The number of nitrogen functional groups attached to an aromatic ring is 1. The van der Waals surface area contributed by atoms with Gasteiger partial charge < -0.3 is 10.5 Å². The van der Waals surface area contributed by atoms with Gasteiger partial charge in [-0.25, -0.2) is 9.18 Å². The number of carbonyl (C=O) groups is 1. The third kappa shape index (κ3) is 2.45. The van der Waals surface area contributed by atoms with E-state index in [-0.39, 0.29) is 12.2 Å². The van der Waals surface area contributed by atoms with Crippen LogP contribution in [0.25, 0.3) is 0 Å². The van der Waals surface area contributed by atoms with Gasteiger partial charge in [-0.3, -0.25) is 0 Å². The number of nitrogens with two attached hydrogens (primary N) is 1. The van der Waals surface area contributed by atoms with Gasteiger partial charge in [-0.1, -0.05) is 6.92 Å². The van der Waals surface area contributed by atoms with Crippen LogP contribution >= 0.6 is 0 Å². The van der Waals surface area contributed by atoms with E-state index < -0.39 is 11.8 Å².